The molecule has 1 fully saturated rings. The standard InChI is InChI=1S/C26H25BrN4O7S2/c1-17(32)29-20-6-8-21(9-7-20)31-25(33)16-24(26(31)34)30(40(37,38)23-12-4-19(27)5-13-23)15-14-18-2-10-22(11-3-18)39(28,35)36/h2-13,24H,14-16H2,1H3,(H,29,32)(H2,28,35,36). The number of carbonyl (C=O) groups is 3. The van der Waals surface area contributed by atoms with Crippen LogP contribution in [0.2, 0.25) is 0 Å². The first-order chi connectivity index (χ1) is 18.8. The number of hydrogen-bond donors (Lipinski definition) is 2. The first kappa shape index (κ1) is 29.6. The van der Waals surface area contributed by atoms with Gasteiger partial charge >= 0.3 is 0 Å². The Kier molecular flexibility index (Phi) is 8.56. The molecule has 11 nitrogen and oxygen atoms in total. The van der Waals surface area contributed by atoms with E-state index < -0.39 is 37.9 Å². The molecule has 1 heterocycles. The summed E-state index contributed by atoms with van der Waals surface area (Å²) in [5.41, 5.74) is 1.32. The quantitative estimate of drug-likeness (QED) is 0.337. The van der Waals surface area contributed by atoms with E-state index in [0.29, 0.717) is 15.7 Å². The van der Waals surface area contributed by atoms with Gasteiger partial charge in [0.2, 0.25) is 31.9 Å². The number of amides is 3. The Bertz CT molecular complexity index is 1660. The molecule has 40 heavy (non-hydrogen) atoms. The number of primary sulfonamides is 1. The van der Waals surface area contributed by atoms with Gasteiger partial charge in [0.05, 0.1) is 21.9 Å². The number of sulfonamides is 2. The molecule has 0 aliphatic carbocycles. The number of benzene rings is 3. The van der Waals surface area contributed by atoms with Gasteiger partial charge in [0.15, 0.2) is 0 Å². The fourth-order valence-electron chi connectivity index (χ4n) is 4.28. The largest absolute Gasteiger partial charge is 0.326 e. The highest BCUT2D eigenvalue weighted by Crippen LogP contribution is 2.30. The summed E-state index contributed by atoms with van der Waals surface area (Å²) in [7, 11) is -8.14. The van der Waals surface area contributed by atoms with Crippen molar-refractivity contribution in [3.05, 3.63) is 82.8 Å². The number of nitrogens with one attached hydrogen (secondary N) is 1. The maximum atomic E-state index is 13.8. The molecule has 1 unspecified atom stereocenters. The molecule has 4 rings (SSSR count). The Morgan fingerprint density at radius 1 is 0.950 bits per heavy atom. The number of carbonyl (C=O) groups excluding carboxylic acids is 3. The molecule has 3 aromatic carbocycles. The molecule has 0 radical (unpaired) electrons. The van der Waals surface area contributed by atoms with Gasteiger partial charge in [-0.1, -0.05) is 28.1 Å². The zero-order valence-corrected chi connectivity index (χ0v) is 24.4. The normalized spacial score (nSPS) is 16.0. The third-order valence-corrected chi connectivity index (χ3v) is 9.59. The van der Waals surface area contributed by atoms with Crippen LogP contribution in [0.1, 0.15) is 18.9 Å². The summed E-state index contributed by atoms with van der Waals surface area (Å²) < 4.78 is 52.4. The van der Waals surface area contributed by atoms with Crippen LogP contribution in [0.3, 0.4) is 0 Å². The van der Waals surface area contributed by atoms with Crippen LogP contribution in [0.15, 0.2) is 87.1 Å². The third kappa shape index (κ3) is 6.47. The lowest BCUT2D eigenvalue weighted by Gasteiger charge is -2.27. The predicted molar refractivity (Wildman–Crippen MR) is 151 cm³/mol. The second-order valence-electron chi connectivity index (χ2n) is 9.02. The van der Waals surface area contributed by atoms with Crippen molar-refractivity contribution in [2.24, 2.45) is 5.14 Å². The second-order valence-corrected chi connectivity index (χ2v) is 13.4. The highest BCUT2D eigenvalue weighted by atomic mass is 79.9. The average molecular weight is 650 g/mol. The fourth-order valence-corrected chi connectivity index (χ4v) is 6.64. The summed E-state index contributed by atoms with van der Waals surface area (Å²) in [6.45, 7) is 1.19. The van der Waals surface area contributed by atoms with Gasteiger partial charge in [-0.3, -0.25) is 14.4 Å². The van der Waals surface area contributed by atoms with Crippen LogP contribution < -0.4 is 15.4 Å². The molecular weight excluding hydrogens is 624 g/mol. The van der Waals surface area contributed by atoms with Crippen LogP contribution in [0.4, 0.5) is 11.4 Å². The summed E-state index contributed by atoms with van der Waals surface area (Å²) in [6.07, 6.45) is -0.240. The average Bonchev–Trinajstić information content (AvgIpc) is 3.17. The first-order valence-electron chi connectivity index (χ1n) is 11.9. The maximum absolute atomic E-state index is 13.8. The molecule has 1 atom stereocenters. The molecule has 0 bridgehead atoms. The molecule has 0 saturated carbocycles. The Balaban J connectivity index is 1.65. The second kappa shape index (κ2) is 11.6. The van der Waals surface area contributed by atoms with Crippen LogP contribution in [-0.4, -0.2) is 51.4 Å². The molecule has 1 aliphatic heterocycles. The van der Waals surface area contributed by atoms with Crippen molar-refractivity contribution in [2.75, 3.05) is 16.8 Å². The number of hydrogen-bond acceptors (Lipinski definition) is 7. The summed E-state index contributed by atoms with van der Waals surface area (Å²) in [6, 6.07) is 16.3. The topological polar surface area (TPSA) is 164 Å². The van der Waals surface area contributed by atoms with Gasteiger partial charge in [-0.25, -0.2) is 26.9 Å². The molecule has 1 aliphatic rings. The van der Waals surface area contributed by atoms with Gasteiger partial charge in [0, 0.05) is 23.6 Å². The molecule has 3 amide bonds. The predicted octanol–water partition coefficient (Wildman–Crippen LogP) is 2.62. The molecule has 14 heteroatoms. The van der Waals surface area contributed by atoms with Crippen LogP contribution in [0, 0.1) is 0 Å². The van der Waals surface area contributed by atoms with Crippen molar-refractivity contribution in [2.45, 2.75) is 35.6 Å². The minimum absolute atomic E-state index is 0.0568. The molecule has 1 saturated heterocycles. The number of imide groups is 1. The monoisotopic (exact) mass is 648 g/mol. The van der Waals surface area contributed by atoms with Crippen molar-refractivity contribution >= 4 is 65.1 Å². The van der Waals surface area contributed by atoms with Gasteiger partial charge in [-0.2, -0.15) is 4.31 Å². The van der Waals surface area contributed by atoms with Crippen molar-refractivity contribution in [1.82, 2.24) is 4.31 Å². The van der Waals surface area contributed by atoms with E-state index in [2.05, 4.69) is 21.2 Å². The number of nitrogens with two attached hydrogens (primary N) is 1. The van der Waals surface area contributed by atoms with Crippen molar-refractivity contribution in [3.63, 3.8) is 0 Å². The van der Waals surface area contributed by atoms with Gasteiger partial charge in [-0.05, 0) is 72.6 Å². The van der Waals surface area contributed by atoms with Gasteiger partial charge in [0.25, 0.3) is 5.91 Å². The van der Waals surface area contributed by atoms with E-state index in [-0.39, 0.29) is 40.8 Å². The minimum Gasteiger partial charge on any atom is -0.326 e. The first-order valence-corrected chi connectivity index (χ1v) is 15.7. The Hall–Kier alpha value is -3.43. The zero-order valence-electron chi connectivity index (χ0n) is 21.2. The smallest absolute Gasteiger partial charge is 0.252 e. The fraction of sp³-hybridized carbons (Fsp3) is 0.192. The molecular formula is C26H25BrN4O7S2. The molecule has 0 aromatic heterocycles. The third-order valence-electron chi connectivity index (χ3n) is 6.21. The van der Waals surface area contributed by atoms with E-state index in [0.717, 1.165) is 9.21 Å². The van der Waals surface area contributed by atoms with Crippen LogP contribution in [0.5, 0.6) is 0 Å². The lowest BCUT2D eigenvalue weighted by molar-refractivity contribution is -0.122. The highest BCUT2D eigenvalue weighted by molar-refractivity contribution is 9.10. The van der Waals surface area contributed by atoms with Crippen LogP contribution in [-0.2, 0) is 40.9 Å². The molecule has 3 N–H and O–H groups in total. The lowest BCUT2D eigenvalue weighted by atomic mass is 10.1. The van der Waals surface area contributed by atoms with Crippen LogP contribution >= 0.6 is 15.9 Å². The number of nitrogens with zero attached hydrogens (tertiary/aromatic N) is 2. The van der Waals surface area contributed by atoms with E-state index in [1.165, 1.54) is 67.6 Å². The number of rotatable bonds is 9. The summed E-state index contributed by atoms with van der Waals surface area (Å²) in [4.78, 5) is 38.7. The van der Waals surface area contributed by atoms with Gasteiger partial charge in [-0.15, -0.1) is 0 Å². The van der Waals surface area contributed by atoms with Crippen molar-refractivity contribution in [1.29, 1.82) is 0 Å². The molecule has 3 aromatic rings. The molecule has 0 spiro atoms. The van der Waals surface area contributed by atoms with Gasteiger partial charge < -0.3 is 5.32 Å². The van der Waals surface area contributed by atoms with Crippen molar-refractivity contribution in [3.8, 4) is 0 Å². The Morgan fingerprint density at radius 2 is 1.52 bits per heavy atom. The number of halogens is 1. The zero-order chi connectivity index (χ0) is 29.2. The minimum atomic E-state index is -4.24. The maximum Gasteiger partial charge on any atom is 0.252 e. The summed E-state index contributed by atoms with van der Waals surface area (Å²) >= 11 is 3.28. The molecule has 210 valence electrons. The number of anilines is 2. The summed E-state index contributed by atoms with van der Waals surface area (Å²) in [5, 5.41) is 7.75. The Morgan fingerprint density at radius 3 is 2.08 bits per heavy atom. The van der Waals surface area contributed by atoms with E-state index in [1.54, 1.807) is 12.1 Å². The summed E-state index contributed by atoms with van der Waals surface area (Å²) in [5.74, 6) is -1.56. The highest BCUT2D eigenvalue weighted by Gasteiger charge is 2.46. The Labute approximate surface area is 240 Å². The van der Waals surface area contributed by atoms with Crippen molar-refractivity contribution < 1.29 is 31.2 Å². The van der Waals surface area contributed by atoms with E-state index in [4.69, 9.17) is 5.14 Å². The van der Waals surface area contributed by atoms with E-state index in [9.17, 15) is 31.2 Å². The lowest BCUT2D eigenvalue weighted by Crippen LogP contribution is -2.46. The van der Waals surface area contributed by atoms with Crippen LogP contribution in [0.25, 0.3) is 0 Å². The van der Waals surface area contributed by atoms with E-state index >= 15 is 0 Å². The van der Waals surface area contributed by atoms with E-state index in [1.807, 2.05) is 0 Å². The SMILES string of the molecule is CC(=O)Nc1ccc(N2C(=O)CC(N(CCc3ccc(S(N)(=O)=O)cc3)S(=O)(=O)c3ccc(Br)cc3)C2=O)cc1. The van der Waals surface area contributed by atoms with Gasteiger partial charge in [0.1, 0.15) is 6.04 Å².